The lowest BCUT2D eigenvalue weighted by atomic mass is 10.0. The zero-order valence-electron chi connectivity index (χ0n) is 16.3. The zero-order valence-corrected chi connectivity index (χ0v) is 16.3. The van der Waals surface area contributed by atoms with Crippen LogP contribution in [0.5, 0.6) is 0 Å². The molecule has 136 valence electrons. The molecule has 0 aliphatic carbocycles. The van der Waals surface area contributed by atoms with E-state index >= 15 is 0 Å². The molecule has 1 nitrogen and oxygen atoms in total. The minimum atomic E-state index is 0.873. The monoisotopic (exact) mass is 313 g/mol. The van der Waals surface area contributed by atoms with Crippen LogP contribution in [0.3, 0.4) is 0 Å². The van der Waals surface area contributed by atoms with Crippen LogP contribution in [0.25, 0.3) is 0 Å². The number of nitrogens with two attached hydrogens (primary N) is 1. The van der Waals surface area contributed by atoms with E-state index in [2.05, 4.69) is 20.8 Å². The first-order valence-corrected chi connectivity index (χ1v) is 10.5. The highest BCUT2D eigenvalue weighted by Crippen LogP contribution is 2.13. The van der Waals surface area contributed by atoms with Crippen molar-refractivity contribution >= 4 is 0 Å². The van der Waals surface area contributed by atoms with Crippen LogP contribution in [0.1, 0.15) is 130 Å². The molecule has 0 saturated heterocycles. The van der Waals surface area contributed by atoms with Crippen LogP contribution in [0.4, 0.5) is 0 Å². The normalized spacial score (nSPS) is 10.4. The minimum absolute atomic E-state index is 0.873. The van der Waals surface area contributed by atoms with Crippen molar-refractivity contribution in [3.8, 4) is 0 Å². The summed E-state index contributed by atoms with van der Waals surface area (Å²) in [7, 11) is 0. The maximum atomic E-state index is 5.48. The highest BCUT2D eigenvalue weighted by Gasteiger charge is 1.94. The second-order valence-electron chi connectivity index (χ2n) is 6.80. The zero-order chi connectivity index (χ0) is 16.7. The third-order valence-corrected chi connectivity index (χ3v) is 4.06. The fourth-order valence-corrected chi connectivity index (χ4v) is 2.69. The van der Waals surface area contributed by atoms with Crippen LogP contribution in [-0.2, 0) is 0 Å². The predicted octanol–water partition coefficient (Wildman–Crippen LogP) is 7.62. The Hall–Kier alpha value is -0.0400. The topological polar surface area (TPSA) is 26.0 Å². The lowest BCUT2D eigenvalue weighted by Gasteiger charge is -2.03. The lowest BCUT2D eigenvalue weighted by Crippen LogP contribution is -1.97. The van der Waals surface area contributed by atoms with Gasteiger partial charge in [0.1, 0.15) is 0 Å². The van der Waals surface area contributed by atoms with Crippen molar-refractivity contribution in [2.24, 2.45) is 5.73 Å². The molecule has 0 heterocycles. The van der Waals surface area contributed by atoms with Gasteiger partial charge in [-0.25, -0.2) is 0 Å². The molecule has 0 saturated carbocycles. The van der Waals surface area contributed by atoms with Gasteiger partial charge in [0.2, 0.25) is 0 Å². The summed E-state index contributed by atoms with van der Waals surface area (Å²) in [5.74, 6) is 0. The molecule has 0 unspecified atom stereocenters. The van der Waals surface area contributed by atoms with Gasteiger partial charge < -0.3 is 5.73 Å². The minimum Gasteiger partial charge on any atom is -0.330 e. The van der Waals surface area contributed by atoms with Gasteiger partial charge in [0.25, 0.3) is 0 Å². The molecule has 2 N–H and O–H groups in total. The Morgan fingerprint density at radius 1 is 0.409 bits per heavy atom. The highest BCUT2D eigenvalue weighted by molar-refractivity contribution is 4.49. The SMILES string of the molecule is CCC.CCCCCCCCCCCCCCCCCCN. The molecule has 0 aliphatic heterocycles. The Balaban J connectivity index is 0. The van der Waals surface area contributed by atoms with Gasteiger partial charge in [0.05, 0.1) is 0 Å². The third-order valence-electron chi connectivity index (χ3n) is 4.06. The maximum absolute atomic E-state index is 5.48. The quantitative estimate of drug-likeness (QED) is 0.291. The van der Waals surface area contributed by atoms with E-state index < -0.39 is 0 Å². The van der Waals surface area contributed by atoms with Crippen molar-refractivity contribution in [2.75, 3.05) is 6.54 Å². The molecule has 0 amide bonds. The number of unbranched alkanes of at least 4 members (excludes halogenated alkanes) is 15. The molecule has 0 fully saturated rings. The van der Waals surface area contributed by atoms with Crippen molar-refractivity contribution in [3.05, 3.63) is 0 Å². The van der Waals surface area contributed by atoms with Crippen LogP contribution in [0.2, 0.25) is 0 Å². The van der Waals surface area contributed by atoms with Gasteiger partial charge in [-0.3, -0.25) is 0 Å². The lowest BCUT2D eigenvalue weighted by molar-refractivity contribution is 0.530. The predicted molar refractivity (Wildman–Crippen MR) is 105 cm³/mol. The summed E-state index contributed by atoms with van der Waals surface area (Å²) in [6.45, 7) is 7.41. The standard InChI is InChI=1S/C18H39N.C3H8/c1-2-3-4-5-6-7-8-9-10-11-12-13-14-15-16-17-18-19;1-3-2/h2-19H2,1H3;3H2,1-2H3. The van der Waals surface area contributed by atoms with E-state index in [0.717, 1.165) is 6.54 Å². The van der Waals surface area contributed by atoms with E-state index in [0.29, 0.717) is 0 Å². The largest absolute Gasteiger partial charge is 0.330 e. The average molecular weight is 314 g/mol. The Morgan fingerprint density at radius 2 is 0.636 bits per heavy atom. The van der Waals surface area contributed by atoms with E-state index in [4.69, 9.17) is 5.73 Å². The summed E-state index contributed by atoms with van der Waals surface area (Å²) >= 11 is 0. The number of hydrogen-bond acceptors (Lipinski definition) is 1. The van der Waals surface area contributed by atoms with E-state index in [1.807, 2.05) is 0 Å². The van der Waals surface area contributed by atoms with E-state index in [9.17, 15) is 0 Å². The first-order valence-electron chi connectivity index (χ1n) is 10.5. The van der Waals surface area contributed by atoms with Gasteiger partial charge in [0.15, 0.2) is 0 Å². The van der Waals surface area contributed by atoms with E-state index in [1.165, 1.54) is 109 Å². The first-order chi connectivity index (χ1) is 10.8. The van der Waals surface area contributed by atoms with Crippen LogP contribution in [0.15, 0.2) is 0 Å². The van der Waals surface area contributed by atoms with Gasteiger partial charge in [-0.1, -0.05) is 124 Å². The molecular formula is C21H47N. The van der Waals surface area contributed by atoms with Crippen molar-refractivity contribution in [3.63, 3.8) is 0 Å². The first kappa shape index (κ1) is 24.2. The molecule has 1 heteroatoms. The van der Waals surface area contributed by atoms with Gasteiger partial charge in [0, 0.05) is 0 Å². The van der Waals surface area contributed by atoms with Crippen LogP contribution >= 0.6 is 0 Å². The summed E-state index contributed by atoms with van der Waals surface area (Å²) in [6, 6.07) is 0. The van der Waals surface area contributed by atoms with E-state index in [-0.39, 0.29) is 0 Å². The Kier molecular flexibility index (Phi) is 28.5. The summed E-state index contributed by atoms with van der Waals surface area (Å²) < 4.78 is 0. The van der Waals surface area contributed by atoms with Crippen LogP contribution < -0.4 is 5.73 Å². The second kappa shape index (κ2) is 25.9. The van der Waals surface area contributed by atoms with Crippen molar-refractivity contribution in [1.29, 1.82) is 0 Å². The smallest absolute Gasteiger partial charge is 0.00773 e. The number of hydrogen-bond donors (Lipinski definition) is 1. The molecule has 0 radical (unpaired) electrons. The summed E-state index contributed by atoms with van der Waals surface area (Å²) in [6.07, 6.45) is 24.1. The molecule has 0 bridgehead atoms. The second-order valence-corrected chi connectivity index (χ2v) is 6.80. The summed E-state index contributed by atoms with van der Waals surface area (Å²) in [4.78, 5) is 0. The van der Waals surface area contributed by atoms with E-state index in [1.54, 1.807) is 0 Å². The van der Waals surface area contributed by atoms with Crippen LogP contribution in [0, 0.1) is 0 Å². The van der Waals surface area contributed by atoms with Gasteiger partial charge in [-0.05, 0) is 13.0 Å². The third kappa shape index (κ3) is 28.2. The molecular weight excluding hydrogens is 266 g/mol. The molecule has 0 atom stereocenters. The average Bonchev–Trinajstić information content (AvgIpc) is 2.52. The van der Waals surface area contributed by atoms with Crippen molar-refractivity contribution < 1.29 is 0 Å². The Morgan fingerprint density at radius 3 is 0.864 bits per heavy atom. The molecule has 0 spiro atoms. The van der Waals surface area contributed by atoms with Crippen LogP contribution in [-0.4, -0.2) is 6.54 Å². The fraction of sp³-hybridized carbons (Fsp3) is 1.00. The van der Waals surface area contributed by atoms with Gasteiger partial charge >= 0.3 is 0 Å². The molecule has 0 aromatic rings. The highest BCUT2D eigenvalue weighted by atomic mass is 14.5. The molecule has 0 aromatic carbocycles. The molecule has 0 aliphatic rings. The number of rotatable bonds is 16. The van der Waals surface area contributed by atoms with Crippen molar-refractivity contribution in [2.45, 2.75) is 130 Å². The van der Waals surface area contributed by atoms with Gasteiger partial charge in [-0.2, -0.15) is 0 Å². The molecule has 22 heavy (non-hydrogen) atoms. The summed E-state index contributed by atoms with van der Waals surface area (Å²) in [5, 5.41) is 0. The van der Waals surface area contributed by atoms with Gasteiger partial charge in [-0.15, -0.1) is 0 Å². The summed E-state index contributed by atoms with van der Waals surface area (Å²) in [5.41, 5.74) is 5.48. The Bertz CT molecular complexity index is 140. The molecule has 0 aromatic heterocycles. The maximum Gasteiger partial charge on any atom is -0.00773 e. The molecule has 0 rings (SSSR count). The van der Waals surface area contributed by atoms with Crippen molar-refractivity contribution in [1.82, 2.24) is 0 Å². The fourth-order valence-electron chi connectivity index (χ4n) is 2.69. The Labute approximate surface area is 142 Å².